The summed E-state index contributed by atoms with van der Waals surface area (Å²) in [5.41, 5.74) is 0.367. The van der Waals surface area contributed by atoms with E-state index in [0.29, 0.717) is 24.3 Å². The van der Waals surface area contributed by atoms with Crippen LogP contribution < -0.4 is 5.32 Å². The molecule has 0 radical (unpaired) electrons. The monoisotopic (exact) mass is 303 g/mol. The van der Waals surface area contributed by atoms with E-state index in [1.807, 2.05) is 0 Å². The number of hydrogen-bond acceptors (Lipinski definition) is 4. The van der Waals surface area contributed by atoms with Gasteiger partial charge >= 0.3 is 0 Å². The minimum absolute atomic E-state index is 0.240. The second-order valence-electron chi connectivity index (χ2n) is 7.40. The van der Waals surface area contributed by atoms with E-state index in [2.05, 4.69) is 15.5 Å². The van der Waals surface area contributed by atoms with Crippen molar-refractivity contribution >= 4 is 5.91 Å². The van der Waals surface area contributed by atoms with Crippen LogP contribution in [-0.2, 0) is 11.2 Å². The van der Waals surface area contributed by atoms with Gasteiger partial charge in [-0.1, -0.05) is 30.8 Å². The maximum atomic E-state index is 12.3. The van der Waals surface area contributed by atoms with E-state index in [0.717, 1.165) is 18.1 Å². The lowest BCUT2D eigenvalue weighted by molar-refractivity contribution is -0.123. The number of amides is 1. The van der Waals surface area contributed by atoms with Crippen molar-refractivity contribution < 1.29 is 9.32 Å². The second kappa shape index (κ2) is 5.67. The van der Waals surface area contributed by atoms with Crippen LogP contribution in [0.1, 0.15) is 75.4 Å². The van der Waals surface area contributed by atoms with E-state index in [1.54, 1.807) is 0 Å². The van der Waals surface area contributed by atoms with Gasteiger partial charge in [-0.3, -0.25) is 4.79 Å². The Kier molecular flexibility index (Phi) is 3.66. The predicted molar refractivity (Wildman–Crippen MR) is 81.2 cm³/mol. The first-order valence-corrected chi connectivity index (χ1v) is 8.87. The zero-order valence-corrected chi connectivity index (χ0v) is 13.1. The molecular weight excluding hydrogens is 278 g/mol. The van der Waals surface area contributed by atoms with Crippen molar-refractivity contribution in [3.05, 3.63) is 11.7 Å². The average Bonchev–Trinajstić information content (AvgIpc) is 2.96. The van der Waals surface area contributed by atoms with Crippen molar-refractivity contribution in [2.45, 2.75) is 70.1 Å². The fourth-order valence-corrected chi connectivity index (χ4v) is 4.14. The first-order chi connectivity index (χ1) is 10.8. The SMILES string of the molecule is O=C(NCCc1noc(C2CCC2)n1)[C@@H]1CC12CCCCC2. The molecule has 5 nitrogen and oxygen atoms in total. The van der Waals surface area contributed by atoms with Crippen LogP contribution in [0.3, 0.4) is 0 Å². The average molecular weight is 303 g/mol. The maximum absolute atomic E-state index is 12.3. The fraction of sp³-hybridized carbons (Fsp3) is 0.824. The highest BCUT2D eigenvalue weighted by Gasteiger charge is 2.57. The molecule has 1 N–H and O–H groups in total. The van der Waals surface area contributed by atoms with Crippen LogP contribution in [0.25, 0.3) is 0 Å². The summed E-state index contributed by atoms with van der Waals surface area (Å²) in [6.07, 6.45) is 11.8. The van der Waals surface area contributed by atoms with Crippen LogP contribution in [0.5, 0.6) is 0 Å². The lowest BCUT2D eigenvalue weighted by Crippen LogP contribution is -2.30. The number of nitrogens with one attached hydrogen (secondary N) is 1. The summed E-state index contributed by atoms with van der Waals surface area (Å²) >= 11 is 0. The summed E-state index contributed by atoms with van der Waals surface area (Å²) in [7, 11) is 0. The molecule has 22 heavy (non-hydrogen) atoms. The van der Waals surface area contributed by atoms with Gasteiger partial charge in [0.25, 0.3) is 0 Å². The molecule has 3 fully saturated rings. The van der Waals surface area contributed by atoms with Crippen LogP contribution >= 0.6 is 0 Å². The largest absolute Gasteiger partial charge is 0.355 e. The third-order valence-corrected chi connectivity index (χ3v) is 5.94. The topological polar surface area (TPSA) is 68.0 Å². The van der Waals surface area contributed by atoms with Crippen molar-refractivity contribution in [2.75, 3.05) is 6.54 Å². The molecular formula is C17H25N3O2. The Morgan fingerprint density at radius 2 is 2.05 bits per heavy atom. The van der Waals surface area contributed by atoms with Crippen molar-refractivity contribution in [2.24, 2.45) is 11.3 Å². The van der Waals surface area contributed by atoms with Crippen molar-refractivity contribution in [3.8, 4) is 0 Å². The van der Waals surface area contributed by atoms with E-state index in [9.17, 15) is 4.79 Å². The van der Waals surface area contributed by atoms with Gasteiger partial charge in [0.15, 0.2) is 5.82 Å². The molecule has 0 bridgehead atoms. The van der Waals surface area contributed by atoms with Gasteiger partial charge in [0.05, 0.1) is 0 Å². The van der Waals surface area contributed by atoms with E-state index < -0.39 is 0 Å². The Balaban J connectivity index is 1.22. The van der Waals surface area contributed by atoms with Gasteiger partial charge in [0, 0.05) is 24.8 Å². The molecule has 1 amide bonds. The zero-order chi connectivity index (χ0) is 15.0. The Morgan fingerprint density at radius 3 is 2.77 bits per heavy atom. The molecule has 0 saturated heterocycles. The predicted octanol–water partition coefficient (Wildman–Crippen LogP) is 2.97. The summed E-state index contributed by atoms with van der Waals surface area (Å²) in [5, 5.41) is 7.09. The van der Waals surface area contributed by atoms with Gasteiger partial charge in [-0.15, -0.1) is 0 Å². The Hall–Kier alpha value is -1.39. The highest BCUT2D eigenvalue weighted by molar-refractivity contribution is 5.82. The molecule has 5 heteroatoms. The third-order valence-electron chi connectivity index (χ3n) is 5.94. The Labute approximate surface area is 131 Å². The smallest absolute Gasteiger partial charge is 0.229 e. The summed E-state index contributed by atoms with van der Waals surface area (Å²) in [6, 6.07) is 0. The van der Waals surface area contributed by atoms with Gasteiger partial charge in [0.1, 0.15) is 0 Å². The second-order valence-corrected chi connectivity index (χ2v) is 7.40. The lowest BCUT2D eigenvalue weighted by Gasteiger charge is -2.22. The molecule has 4 rings (SSSR count). The molecule has 1 aromatic rings. The molecule has 0 aliphatic heterocycles. The number of rotatable bonds is 5. The van der Waals surface area contributed by atoms with Crippen LogP contribution in [0, 0.1) is 11.3 Å². The van der Waals surface area contributed by atoms with E-state index >= 15 is 0 Å². The van der Waals surface area contributed by atoms with Gasteiger partial charge in [0.2, 0.25) is 11.8 Å². The van der Waals surface area contributed by atoms with Crippen LogP contribution in [0.2, 0.25) is 0 Å². The Bertz CT molecular complexity index is 544. The van der Waals surface area contributed by atoms with Crippen molar-refractivity contribution in [1.29, 1.82) is 0 Å². The number of carbonyl (C=O) groups is 1. The van der Waals surface area contributed by atoms with Gasteiger partial charge in [-0.2, -0.15) is 4.98 Å². The zero-order valence-electron chi connectivity index (χ0n) is 13.1. The highest BCUT2D eigenvalue weighted by atomic mass is 16.5. The minimum Gasteiger partial charge on any atom is -0.355 e. The molecule has 3 saturated carbocycles. The first kappa shape index (κ1) is 14.2. The molecule has 0 aromatic carbocycles. The molecule has 1 aromatic heterocycles. The fourth-order valence-electron chi connectivity index (χ4n) is 4.14. The molecule has 1 spiro atoms. The quantitative estimate of drug-likeness (QED) is 0.908. The molecule has 3 aliphatic carbocycles. The summed E-state index contributed by atoms with van der Waals surface area (Å²) < 4.78 is 5.30. The Morgan fingerprint density at radius 1 is 1.23 bits per heavy atom. The summed E-state index contributed by atoms with van der Waals surface area (Å²) in [4.78, 5) is 16.7. The van der Waals surface area contributed by atoms with Crippen LogP contribution in [0.4, 0.5) is 0 Å². The van der Waals surface area contributed by atoms with Crippen molar-refractivity contribution in [1.82, 2.24) is 15.5 Å². The molecule has 120 valence electrons. The van der Waals surface area contributed by atoms with E-state index in [1.165, 1.54) is 51.4 Å². The van der Waals surface area contributed by atoms with Gasteiger partial charge in [-0.05, 0) is 37.5 Å². The number of aromatic nitrogens is 2. The van der Waals surface area contributed by atoms with Crippen molar-refractivity contribution in [3.63, 3.8) is 0 Å². The number of hydrogen-bond donors (Lipinski definition) is 1. The number of carbonyl (C=O) groups excluding carboxylic acids is 1. The lowest BCUT2D eigenvalue weighted by atomic mass is 9.84. The normalized spacial score (nSPS) is 26.6. The third kappa shape index (κ3) is 2.66. The molecule has 1 atom stereocenters. The standard InChI is InChI=1S/C17H25N3O2/c21-15(13-11-17(13)8-2-1-3-9-17)18-10-7-14-19-16(22-20-14)12-5-4-6-12/h12-13H,1-11H2,(H,18,21)/t13-/m0/s1. The van der Waals surface area contributed by atoms with E-state index in [-0.39, 0.29) is 11.8 Å². The van der Waals surface area contributed by atoms with E-state index in [4.69, 9.17) is 4.52 Å². The van der Waals surface area contributed by atoms with Crippen LogP contribution in [0.15, 0.2) is 4.52 Å². The first-order valence-electron chi connectivity index (χ1n) is 8.87. The van der Waals surface area contributed by atoms with Gasteiger partial charge in [-0.25, -0.2) is 0 Å². The molecule has 1 heterocycles. The minimum atomic E-state index is 0.240. The highest BCUT2D eigenvalue weighted by Crippen LogP contribution is 2.61. The maximum Gasteiger partial charge on any atom is 0.229 e. The summed E-state index contributed by atoms with van der Waals surface area (Å²) in [6.45, 7) is 0.620. The van der Waals surface area contributed by atoms with Crippen LogP contribution in [-0.4, -0.2) is 22.6 Å². The molecule has 3 aliphatic rings. The van der Waals surface area contributed by atoms with Gasteiger partial charge < -0.3 is 9.84 Å². The summed E-state index contributed by atoms with van der Waals surface area (Å²) in [5.74, 6) is 2.50. The molecule has 0 unspecified atom stereocenters. The number of nitrogens with zero attached hydrogens (tertiary/aromatic N) is 2.